The van der Waals surface area contributed by atoms with Gasteiger partial charge in [0, 0.05) is 36.3 Å². The van der Waals surface area contributed by atoms with E-state index in [1.54, 1.807) is 31.4 Å². The standard InChI is InChI=1S/C17H17Br2NO3.C9H7Br3O2/c1-22-13-5-3-11(4-6-13)9-20-10-14-15(18)7-12(8-16(14)19)17(21)23-2;1-14-9(13)5-2-7(11)6(4-10)8(12)3-5/h3-8,20H,9-10H2,1-2H3;2-3H,4H2,1H3. The molecule has 0 radical (unpaired) electrons. The minimum absolute atomic E-state index is 0.340. The van der Waals surface area contributed by atoms with Crippen LogP contribution in [-0.2, 0) is 27.9 Å². The third-order valence-electron chi connectivity index (χ3n) is 5.05. The maximum atomic E-state index is 11.6. The van der Waals surface area contributed by atoms with Crippen molar-refractivity contribution in [3.05, 3.63) is 94.2 Å². The zero-order valence-electron chi connectivity index (χ0n) is 20.2. The lowest BCUT2D eigenvalue weighted by Crippen LogP contribution is -2.14. The highest BCUT2D eigenvalue weighted by Crippen LogP contribution is 2.30. The molecule has 0 aliphatic heterocycles. The molecule has 198 valence electrons. The van der Waals surface area contributed by atoms with Gasteiger partial charge >= 0.3 is 11.9 Å². The van der Waals surface area contributed by atoms with Gasteiger partial charge in [-0.3, -0.25) is 0 Å². The fourth-order valence-corrected chi connectivity index (χ4v) is 7.34. The summed E-state index contributed by atoms with van der Waals surface area (Å²) in [6.07, 6.45) is 0. The first-order chi connectivity index (χ1) is 17.6. The lowest BCUT2D eigenvalue weighted by Gasteiger charge is -2.11. The number of rotatable bonds is 8. The number of benzene rings is 3. The zero-order valence-corrected chi connectivity index (χ0v) is 28.1. The van der Waals surface area contributed by atoms with E-state index in [2.05, 4.69) is 89.7 Å². The van der Waals surface area contributed by atoms with Crippen molar-refractivity contribution in [2.45, 2.75) is 18.4 Å². The summed E-state index contributed by atoms with van der Waals surface area (Å²) in [6, 6.07) is 14.9. The predicted octanol–water partition coefficient (Wildman–Crippen LogP) is 8.19. The molecule has 0 aromatic heterocycles. The van der Waals surface area contributed by atoms with Crippen LogP contribution in [0, 0.1) is 0 Å². The van der Waals surface area contributed by atoms with Gasteiger partial charge in [-0.05, 0) is 53.1 Å². The van der Waals surface area contributed by atoms with E-state index in [1.165, 1.54) is 19.8 Å². The smallest absolute Gasteiger partial charge is 0.337 e. The van der Waals surface area contributed by atoms with Crippen LogP contribution >= 0.6 is 79.6 Å². The highest BCUT2D eigenvalue weighted by atomic mass is 79.9. The molecule has 0 fully saturated rings. The average Bonchev–Trinajstić information content (AvgIpc) is 2.89. The first-order valence-electron chi connectivity index (χ1n) is 10.7. The highest BCUT2D eigenvalue weighted by Gasteiger charge is 2.13. The van der Waals surface area contributed by atoms with Gasteiger partial charge in [0.1, 0.15) is 5.75 Å². The molecule has 0 spiro atoms. The molecule has 0 aliphatic rings. The molecule has 3 aromatic rings. The van der Waals surface area contributed by atoms with Crippen LogP contribution in [0.2, 0.25) is 0 Å². The molecule has 0 unspecified atom stereocenters. The summed E-state index contributed by atoms with van der Waals surface area (Å²) >= 11 is 17.2. The van der Waals surface area contributed by atoms with Crippen LogP contribution in [0.3, 0.4) is 0 Å². The second-order valence-electron chi connectivity index (χ2n) is 7.41. The molecule has 37 heavy (non-hydrogen) atoms. The molecule has 0 saturated heterocycles. The Balaban J connectivity index is 0.000000294. The number of alkyl halides is 1. The Morgan fingerprint density at radius 3 is 1.51 bits per heavy atom. The summed E-state index contributed by atoms with van der Waals surface area (Å²) in [4.78, 5) is 22.8. The molecule has 11 heteroatoms. The molecule has 6 nitrogen and oxygen atoms in total. The van der Waals surface area contributed by atoms with Crippen LogP contribution in [0.5, 0.6) is 5.75 Å². The molecular formula is C26H24Br5NO5. The maximum Gasteiger partial charge on any atom is 0.337 e. The summed E-state index contributed by atoms with van der Waals surface area (Å²) in [5.41, 5.74) is 4.31. The van der Waals surface area contributed by atoms with Gasteiger partial charge in [-0.25, -0.2) is 9.59 Å². The molecule has 0 atom stereocenters. The van der Waals surface area contributed by atoms with Crippen LogP contribution in [0.4, 0.5) is 0 Å². The summed E-state index contributed by atoms with van der Waals surface area (Å²) in [7, 11) is 4.39. The Kier molecular flexibility index (Phi) is 13.8. The predicted molar refractivity (Wildman–Crippen MR) is 163 cm³/mol. The van der Waals surface area contributed by atoms with Crippen molar-refractivity contribution in [1.29, 1.82) is 0 Å². The van der Waals surface area contributed by atoms with Gasteiger partial charge in [0.05, 0.1) is 32.5 Å². The van der Waals surface area contributed by atoms with E-state index in [1.807, 2.05) is 24.3 Å². The molecule has 3 aromatic carbocycles. The second kappa shape index (κ2) is 16.0. The van der Waals surface area contributed by atoms with Crippen molar-refractivity contribution < 1.29 is 23.8 Å². The normalized spacial score (nSPS) is 10.3. The van der Waals surface area contributed by atoms with Gasteiger partial charge < -0.3 is 19.5 Å². The minimum Gasteiger partial charge on any atom is -0.497 e. The van der Waals surface area contributed by atoms with E-state index in [9.17, 15) is 9.59 Å². The van der Waals surface area contributed by atoms with E-state index in [0.29, 0.717) is 17.7 Å². The van der Waals surface area contributed by atoms with E-state index >= 15 is 0 Å². The van der Waals surface area contributed by atoms with Crippen molar-refractivity contribution in [3.63, 3.8) is 0 Å². The summed E-state index contributed by atoms with van der Waals surface area (Å²) in [5, 5.41) is 4.10. The molecule has 0 saturated carbocycles. The topological polar surface area (TPSA) is 73.9 Å². The minimum atomic E-state index is -0.357. The summed E-state index contributed by atoms with van der Waals surface area (Å²) < 4.78 is 18.0. The highest BCUT2D eigenvalue weighted by molar-refractivity contribution is 9.11. The summed E-state index contributed by atoms with van der Waals surface area (Å²) in [5.74, 6) is 0.148. The lowest BCUT2D eigenvalue weighted by molar-refractivity contribution is 0.0591. The lowest BCUT2D eigenvalue weighted by atomic mass is 10.1. The first-order valence-corrected chi connectivity index (χ1v) is 15.0. The second-order valence-corrected chi connectivity index (χ2v) is 11.4. The monoisotopic (exact) mass is 825 g/mol. The largest absolute Gasteiger partial charge is 0.497 e. The Hall–Kier alpha value is -1.24. The average molecular weight is 830 g/mol. The Morgan fingerprint density at radius 2 is 1.14 bits per heavy atom. The molecule has 3 rings (SSSR count). The number of hydrogen-bond donors (Lipinski definition) is 1. The van der Waals surface area contributed by atoms with Gasteiger partial charge in [-0.1, -0.05) is 91.8 Å². The zero-order chi connectivity index (χ0) is 27.5. The van der Waals surface area contributed by atoms with E-state index < -0.39 is 0 Å². The van der Waals surface area contributed by atoms with E-state index in [4.69, 9.17) is 9.47 Å². The van der Waals surface area contributed by atoms with Crippen molar-refractivity contribution in [1.82, 2.24) is 5.32 Å². The van der Waals surface area contributed by atoms with Crippen LogP contribution < -0.4 is 10.1 Å². The Labute approximate surface area is 258 Å². The van der Waals surface area contributed by atoms with Gasteiger partial charge in [-0.2, -0.15) is 0 Å². The van der Waals surface area contributed by atoms with E-state index in [0.717, 1.165) is 46.6 Å². The number of methoxy groups -OCH3 is 3. The van der Waals surface area contributed by atoms with Crippen molar-refractivity contribution in [2.24, 2.45) is 0 Å². The molecule has 1 N–H and O–H groups in total. The number of carbonyl (C=O) groups is 2. The Bertz CT molecular complexity index is 1190. The third kappa shape index (κ3) is 9.47. The van der Waals surface area contributed by atoms with Gasteiger partial charge in [0.2, 0.25) is 0 Å². The van der Waals surface area contributed by atoms with Crippen LogP contribution in [-0.4, -0.2) is 33.3 Å². The maximum absolute atomic E-state index is 11.6. The first kappa shape index (κ1) is 32.0. The van der Waals surface area contributed by atoms with Crippen LogP contribution in [0.1, 0.15) is 37.4 Å². The number of ether oxygens (including phenoxy) is 3. The van der Waals surface area contributed by atoms with Crippen molar-refractivity contribution in [3.8, 4) is 5.75 Å². The fraction of sp³-hybridized carbons (Fsp3) is 0.231. The SMILES string of the molecule is COC(=O)c1cc(Br)c(CBr)c(Br)c1.COC(=O)c1cc(Br)c(CNCc2ccc(OC)cc2)c(Br)c1. The summed E-state index contributed by atoms with van der Waals surface area (Å²) in [6.45, 7) is 1.40. The van der Waals surface area contributed by atoms with Gasteiger partial charge in [0.25, 0.3) is 0 Å². The molecular weight excluding hydrogens is 806 g/mol. The number of carbonyl (C=O) groups excluding carboxylic acids is 2. The van der Waals surface area contributed by atoms with E-state index in [-0.39, 0.29) is 11.9 Å². The molecule has 0 bridgehead atoms. The van der Waals surface area contributed by atoms with Crippen LogP contribution in [0.15, 0.2) is 66.4 Å². The fourth-order valence-electron chi connectivity index (χ4n) is 3.05. The third-order valence-corrected chi connectivity index (χ3v) is 8.44. The quantitative estimate of drug-likeness (QED) is 0.183. The molecule has 0 heterocycles. The number of nitrogens with one attached hydrogen (secondary N) is 1. The van der Waals surface area contributed by atoms with Crippen molar-refractivity contribution in [2.75, 3.05) is 21.3 Å². The van der Waals surface area contributed by atoms with Gasteiger partial charge in [-0.15, -0.1) is 0 Å². The number of hydrogen-bond acceptors (Lipinski definition) is 6. The van der Waals surface area contributed by atoms with Gasteiger partial charge in [0.15, 0.2) is 0 Å². The number of esters is 2. The number of halogens is 5. The van der Waals surface area contributed by atoms with Crippen molar-refractivity contribution >= 4 is 91.6 Å². The van der Waals surface area contributed by atoms with Crippen LogP contribution in [0.25, 0.3) is 0 Å². The Morgan fingerprint density at radius 1 is 0.703 bits per heavy atom. The molecule has 0 amide bonds. The molecule has 0 aliphatic carbocycles.